The van der Waals surface area contributed by atoms with Gasteiger partial charge in [0.25, 0.3) is 0 Å². The van der Waals surface area contributed by atoms with Crippen molar-refractivity contribution < 1.29 is 8.42 Å². The van der Waals surface area contributed by atoms with Gasteiger partial charge < -0.3 is 4.90 Å². The summed E-state index contributed by atoms with van der Waals surface area (Å²) in [4.78, 5) is 2.58. The predicted molar refractivity (Wildman–Crippen MR) is 79.6 cm³/mol. The van der Waals surface area contributed by atoms with Gasteiger partial charge in [-0.2, -0.15) is 4.31 Å². The Kier molecular flexibility index (Phi) is 4.66. The third kappa shape index (κ3) is 3.02. The average Bonchev–Trinajstić information content (AvgIpc) is 2.39. The van der Waals surface area contributed by atoms with Crippen LogP contribution in [0.15, 0.2) is 33.6 Å². The number of nitrogens with zero attached hydrogens (tertiary/aromatic N) is 2. The summed E-state index contributed by atoms with van der Waals surface area (Å²) in [5, 5.41) is 0. The van der Waals surface area contributed by atoms with Crippen molar-refractivity contribution in [2.45, 2.75) is 24.3 Å². The van der Waals surface area contributed by atoms with Crippen LogP contribution in [-0.4, -0.2) is 50.3 Å². The zero-order chi connectivity index (χ0) is 14.0. The lowest BCUT2D eigenvalue weighted by atomic mass is 10.1. The standard InChI is InChI=1S/C13H19BrN2O2S/c1-3-11-10-16(9-8-15(11)2)19(17,18)13-7-5-4-6-12(13)14/h4-7,11H,3,8-10H2,1-2H3. The van der Waals surface area contributed by atoms with Gasteiger partial charge in [-0.3, -0.25) is 0 Å². The molecule has 0 bridgehead atoms. The SMILES string of the molecule is CCC1CN(S(=O)(=O)c2ccccc2Br)CCN1C. The molecule has 0 spiro atoms. The molecule has 0 aromatic heterocycles. The van der Waals surface area contributed by atoms with Crippen molar-refractivity contribution in [1.29, 1.82) is 0 Å². The van der Waals surface area contributed by atoms with Gasteiger partial charge in [0.2, 0.25) is 10.0 Å². The van der Waals surface area contributed by atoms with E-state index in [9.17, 15) is 8.42 Å². The maximum Gasteiger partial charge on any atom is 0.244 e. The molecule has 0 aliphatic carbocycles. The van der Waals surface area contributed by atoms with Gasteiger partial charge in [-0.05, 0) is 41.5 Å². The number of benzene rings is 1. The molecular weight excluding hydrogens is 328 g/mol. The van der Waals surface area contributed by atoms with Gasteiger partial charge in [0.15, 0.2) is 0 Å². The highest BCUT2D eigenvalue weighted by atomic mass is 79.9. The topological polar surface area (TPSA) is 40.6 Å². The van der Waals surface area contributed by atoms with Crippen LogP contribution in [0.3, 0.4) is 0 Å². The van der Waals surface area contributed by atoms with E-state index < -0.39 is 10.0 Å². The molecule has 106 valence electrons. The number of rotatable bonds is 3. The first-order valence-corrected chi connectivity index (χ1v) is 8.65. The zero-order valence-electron chi connectivity index (χ0n) is 11.2. The number of hydrogen-bond acceptors (Lipinski definition) is 3. The van der Waals surface area contributed by atoms with E-state index in [0.717, 1.165) is 13.0 Å². The predicted octanol–water partition coefficient (Wildman–Crippen LogP) is 2.16. The lowest BCUT2D eigenvalue weighted by Gasteiger charge is -2.38. The summed E-state index contributed by atoms with van der Waals surface area (Å²) in [5.74, 6) is 0. The first-order valence-electron chi connectivity index (χ1n) is 6.41. The molecule has 19 heavy (non-hydrogen) atoms. The molecule has 6 heteroatoms. The highest BCUT2D eigenvalue weighted by molar-refractivity contribution is 9.10. The van der Waals surface area contributed by atoms with Crippen LogP contribution in [0.25, 0.3) is 0 Å². The number of piperazine rings is 1. The largest absolute Gasteiger partial charge is 0.301 e. The molecule has 1 unspecified atom stereocenters. The maximum atomic E-state index is 12.7. The van der Waals surface area contributed by atoms with Crippen molar-refractivity contribution in [3.63, 3.8) is 0 Å². The molecule has 1 saturated heterocycles. The molecule has 1 aromatic rings. The summed E-state index contributed by atoms with van der Waals surface area (Å²) in [5.41, 5.74) is 0. The minimum Gasteiger partial charge on any atom is -0.301 e. The molecule has 1 fully saturated rings. The van der Waals surface area contributed by atoms with Crippen LogP contribution in [0.4, 0.5) is 0 Å². The van der Waals surface area contributed by atoms with E-state index in [1.165, 1.54) is 0 Å². The van der Waals surface area contributed by atoms with Crippen LogP contribution in [0.5, 0.6) is 0 Å². The molecule has 0 saturated carbocycles. The number of halogens is 1. The number of hydrogen-bond donors (Lipinski definition) is 0. The Bertz CT molecular complexity index is 547. The second-order valence-corrected chi connectivity index (χ2v) is 7.60. The molecule has 0 amide bonds. The van der Waals surface area contributed by atoms with Gasteiger partial charge in [0.1, 0.15) is 0 Å². The average molecular weight is 347 g/mol. The third-order valence-electron chi connectivity index (χ3n) is 3.67. The van der Waals surface area contributed by atoms with Crippen LogP contribution < -0.4 is 0 Å². The van der Waals surface area contributed by atoms with E-state index >= 15 is 0 Å². The fraction of sp³-hybridized carbons (Fsp3) is 0.538. The van der Waals surface area contributed by atoms with Crippen LogP contribution in [-0.2, 0) is 10.0 Å². The second-order valence-electron chi connectivity index (χ2n) is 4.84. The minimum absolute atomic E-state index is 0.297. The van der Waals surface area contributed by atoms with Crippen LogP contribution in [0.2, 0.25) is 0 Å². The first kappa shape index (κ1) is 15.0. The summed E-state index contributed by atoms with van der Waals surface area (Å²) >= 11 is 3.33. The Balaban J connectivity index is 2.28. The van der Waals surface area contributed by atoms with Crippen molar-refractivity contribution >= 4 is 26.0 Å². The van der Waals surface area contributed by atoms with E-state index in [1.807, 2.05) is 6.07 Å². The zero-order valence-corrected chi connectivity index (χ0v) is 13.6. The lowest BCUT2D eigenvalue weighted by molar-refractivity contribution is 0.144. The Morgan fingerprint density at radius 1 is 1.32 bits per heavy atom. The van der Waals surface area contributed by atoms with Gasteiger partial charge >= 0.3 is 0 Å². The first-order chi connectivity index (χ1) is 8.96. The fourth-order valence-electron chi connectivity index (χ4n) is 2.37. The molecule has 2 rings (SSSR count). The quantitative estimate of drug-likeness (QED) is 0.841. The van der Waals surface area contributed by atoms with Gasteiger partial charge in [0.05, 0.1) is 4.90 Å². The third-order valence-corrected chi connectivity index (χ3v) is 6.54. The van der Waals surface area contributed by atoms with Gasteiger partial charge in [-0.25, -0.2) is 8.42 Å². The summed E-state index contributed by atoms with van der Waals surface area (Å²) in [6.45, 7) is 3.99. The Hall–Kier alpha value is -0.430. The molecule has 1 atom stereocenters. The van der Waals surface area contributed by atoms with Crippen molar-refractivity contribution in [3.8, 4) is 0 Å². The van der Waals surface area contributed by atoms with E-state index in [0.29, 0.717) is 28.5 Å². The summed E-state index contributed by atoms with van der Waals surface area (Å²) in [7, 11) is -1.35. The maximum absolute atomic E-state index is 12.7. The lowest BCUT2D eigenvalue weighted by Crippen LogP contribution is -2.52. The van der Waals surface area contributed by atoms with E-state index in [1.54, 1.807) is 22.5 Å². The van der Waals surface area contributed by atoms with Crippen molar-refractivity contribution in [3.05, 3.63) is 28.7 Å². The van der Waals surface area contributed by atoms with Crippen molar-refractivity contribution in [1.82, 2.24) is 9.21 Å². The fourth-order valence-corrected chi connectivity index (χ4v) is 4.80. The van der Waals surface area contributed by atoms with E-state index in [-0.39, 0.29) is 0 Å². The molecule has 0 N–H and O–H groups in total. The number of sulfonamides is 1. The molecule has 4 nitrogen and oxygen atoms in total. The summed E-state index contributed by atoms with van der Waals surface area (Å²) in [6.07, 6.45) is 0.957. The summed E-state index contributed by atoms with van der Waals surface area (Å²) < 4.78 is 27.5. The van der Waals surface area contributed by atoms with Crippen molar-refractivity contribution in [2.75, 3.05) is 26.7 Å². The molecule has 1 aromatic carbocycles. The second kappa shape index (κ2) is 5.91. The molecule has 1 aliphatic heterocycles. The highest BCUT2D eigenvalue weighted by Gasteiger charge is 2.32. The number of likely N-dealkylation sites (N-methyl/N-ethyl adjacent to an activating group) is 1. The molecule has 1 aliphatic rings. The Morgan fingerprint density at radius 2 is 2.00 bits per heavy atom. The molecular formula is C13H19BrN2O2S. The van der Waals surface area contributed by atoms with Gasteiger partial charge in [0, 0.05) is 30.1 Å². The van der Waals surface area contributed by atoms with Crippen LogP contribution >= 0.6 is 15.9 Å². The Labute approximate surface area is 123 Å². The molecule has 0 radical (unpaired) electrons. The smallest absolute Gasteiger partial charge is 0.244 e. The van der Waals surface area contributed by atoms with Gasteiger partial charge in [-0.15, -0.1) is 0 Å². The van der Waals surface area contributed by atoms with Crippen LogP contribution in [0.1, 0.15) is 13.3 Å². The van der Waals surface area contributed by atoms with Gasteiger partial charge in [-0.1, -0.05) is 19.1 Å². The monoisotopic (exact) mass is 346 g/mol. The minimum atomic E-state index is -3.40. The Morgan fingerprint density at radius 3 is 2.63 bits per heavy atom. The van der Waals surface area contributed by atoms with Crippen molar-refractivity contribution in [2.24, 2.45) is 0 Å². The summed E-state index contributed by atoms with van der Waals surface area (Å²) in [6, 6.07) is 7.29. The molecule has 1 heterocycles. The highest BCUT2D eigenvalue weighted by Crippen LogP contribution is 2.26. The normalized spacial score (nSPS) is 22.6. The van der Waals surface area contributed by atoms with Crippen LogP contribution in [0, 0.1) is 0 Å². The van der Waals surface area contributed by atoms with E-state index in [4.69, 9.17) is 0 Å². The van der Waals surface area contributed by atoms with E-state index in [2.05, 4.69) is 34.8 Å².